The molecule has 7 heteroatoms. The number of rotatable bonds is 6. The van der Waals surface area contributed by atoms with Crippen molar-refractivity contribution in [1.29, 1.82) is 0 Å². The Morgan fingerprint density at radius 1 is 1.15 bits per heavy atom. The van der Waals surface area contributed by atoms with Crippen molar-refractivity contribution < 1.29 is 4.79 Å². The number of nitrogens with one attached hydrogen (secondary N) is 1. The van der Waals surface area contributed by atoms with Crippen LogP contribution in [0.2, 0.25) is 0 Å². The molecular formula is C20H26N6O. The Kier molecular flexibility index (Phi) is 4.70. The van der Waals surface area contributed by atoms with Crippen LogP contribution in [0.25, 0.3) is 0 Å². The lowest BCUT2D eigenvalue weighted by atomic mass is 9.96. The quantitative estimate of drug-likeness (QED) is 0.723. The molecule has 0 atom stereocenters. The van der Waals surface area contributed by atoms with Gasteiger partial charge in [0, 0.05) is 30.7 Å². The first kappa shape index (κ1) is 17.7. The Morgan fingerprint density at radius 2 is 1.85 bits per heavy atom. The molecule has 2 fully saturated rings. The highest BCUT2D eigenvalue weighted by molar-refractivity contribution is 5.96. The van der Waals surface area contributed by atoms with Crippen molar-refractivity contribution in [3.8, 4) is 0 Å². The van der Waals surface area contributed by atoms with E-state index < -0.39 is 5.91 Å². The summed E-state index contributed by atoms with van der Waals surface area (Å²) in [6.45, 7) is 2.59. The summed E-state index contributed by atoms with van der Waals surface area (Å²) in [6.07, 6.45) is 7.46. The first-order valence-electron chi connectivity index (χ1n) is 9.61. The molecule has 142 valence electrons. The van der Waals surface area contributed by atoms with E-state index in [9.17, 15) is 4.79 Å². The molecule has 4 rings (SSSR count). The Labute approximate surface area is 159 Å². The van der Waals surface area contributed by atoms with E-state index in [0.717, 1.165) is 50.3 Å². The molecule has 7 nitrogen and oxygen atoms in total. The van der Waals surface area contributed by atoms with Crippen molar-refractivity contribution in [1.82, 2.24) is 9.97 Å². The van der Waals surface area contributed by atoms with Crippen molar-refractivity contribution in [2.24, 2.45) is 11.5 Å². The average molecular weight is 366 g/mol. The summed E-state index contributed by atoms with van der Waals surface area (Å²) in [7, 11) is 0. The molecule has 5 N–H and O–H groups in total. The van der Waals surface area contributed by atoms with E-state index in [4.69, 9.17) is 11.5 Å². The van der Waals surface area contributed by atoms with E-state index in [1.807, 2.05) is 12.1 Å². The molecule has 1 aliphatic carbocycles. The van der Waals surface area contributed by atoms with E-state index >= 15 is 0 Å². The minimum absolute atomic E-state index is 0.153. The highest BCUT2D eigenvalue weighted by Gasteiger charge is 2.42. The molecule has 1 aromatic carbocycles. The van der Waals surface area contributed by atoms with Gasteiger partial charge in [-0.25, -0.2) is 9.97 Å². The third-order valence-corrected chi connectivity index (χ3v) is 5.68. The van der Waals surface area contributed by atoms with Crippen LogP contribution >= 0.6 is 0 Å². The maximum absolute atomic E-state index is 11.8. The molecule has 1 saturated carbocycles. The van der Waals surface area contributed by atoms with Crippen LogP contribution in [0.1, 0.15) is 48.2 Å². The number of anilines is 3. The zero-order chi connectivity index (χ0) is 18.9. The zero-order valence-corrected chi connectivity index (χ0v) is 15.4. The van der Waals surface area contributed by atoms with E-state index in [2.05, 4.69) is 32.3 Å². The molecule has 1 saturated heterocycles. The van der Waals surface area contributed by atoms with Crippen molar-refractivity contribution in [3.05, 3.63) is 41.7 Å². The predicted octanol–water partition coefficient (Wildman–Crippen LogP) is 2.30. The number of nitrogens with two attached hydrogens (primary N) is 2. The second-order valence-electron chi connectivity index (χ2n) is 7.52. The summed E-state index contributed by atoms with van der Waals surface area (Å²) in [5.74, 6) is 0.587. The van der Waals surface area contributed by atoms with Gasteiger partial charge in [-0.05, 0) is 49.8 Å². The van der Waals surface area contributed by atoms with Gasteiger partial charge in [-0.15, -0.1) is 0 Å². The van der Waals surface area contributed by atoms with Gasteiger partial charge in [-0.3, -0.25) is 4.79 Å². The van der Waals surface area contributed by atoms with Crippen molar-refractivity contribution >= 4 is 23.2 Å². The highest BCUT2D eigenvalue weighted by Crippen LogP contribution is 2.47. The molecule has 2 aromatic rings. The lowest BCUT2D eigenvalue weighted by Crippen LogP contribution is -2.31. The number of carbonyl (C=O) groups is 1. The van der Waals surface area contributed by atoms with Crippen molar-refractivity contribution in [2.45, 2.75) is 37.5 Å². The molecule has 2 aliphatic rings. The smallest absolute Gasteiger partial charge is 0.271 e. The standard InChI is InChI=1S/C20H26N6O/c21-13-20(8-9-20)14-4-6-15(7-5-14)24-19-17(18(22)27)23-12-16(25-19)26-10-2-1-3-11-26/h4-7,12H,1-3,8-11,13,21H2,(H2,22,27)(H,24,25). The number of benzene rings is 1. The first-order chi connectivity index (χ1) is 13.1. The van der Waals surface area contributed by atoms with Crippen LogP contribution < -0.4 is 21.7 Å². The Hall–Kier alpha value is -2.67. The number of amides is 1. The molecule has 1 aromatic heterocycles. The zero-order valence-electron chi connectivity index (χ0n) is 15.4. The first-order valence-corrected chi connectivity index (χ1v) is 9.61. The van der Waals surface area contributed by atoms with Crippen LogP contribution in [0.15, 0.2) is 30.5 Å². The minimum Gasteiger partial charge on any atom is -0.364 e. The molecule has 0 bridgehead atoms. The third-order valence-electron chi connectivity index (χ3n) is 5.68. The van der Waals surface area contributed by atoms with Gasteiger partial charge in [0.2, 0.25) is 0 Å². The van der Waals surface area contributed by atoms with Gasteiger partial charge in [-0.1, -0.05) is 12.1 Å². The summed E-state index contributed by atoms with van der Waals surface area (Å²) in [6, 6.07) is 8.16. The molecule has 1 amide bonds. The molecule has 1 aliphatic heterocycles. The maximum atomic E-state index is 11.8. The largest absolute Gasteiger partial charge is 0.364 e. The second kappa shape index (κ2) is 7.15. The Morgan fingerprint density at radius 3 is 2.44 bits per heavy atom. The minimum atomic E-state index is -0.591. The van der Waals surface area contributed by atoms with E-state index in [-0.39, 0.29) is 11.1 Å². The molecule has 0 spiro atoms. The van der Waals surface area contributed by atoms with E-state index in [0.29, 0.717) is 12.4 Å². The van der Waals surface area contributed by atoms with E-state index in [1.165, 1.54) is 12.0 Å². The number of hydrogen-bond donors (Lipinski definition) is 3. The average Bonchev–Trinajstić information content (AvgIpc) is 3.50. The lowest BCUT2D eigenvalue weighted by molar-refractivity contribution is 0.0996. The van der Waals surface area contributed by atoms with Crippen LogP contribution in [-0.2, 0) is 5.41 Å². The fourth-order valence-corrected chi connectivity index (χ4v) is 3.73. The highest BCUT2D eigenvalue weighted by atomic mass is 16.1. The maximum Gasteiger partial charge on any atom is 0.271 e. The van der Waals surface area contributed by atoms with Gasteiger partial charge in [0.05, 0.1) is 6.20 Å². The topological polar surface area (TPSA) is 110 Å². The van der Waals surface area contributed by atoms with Gasteiger partial charge < -0.3 is 21.7 Å². The van der Waals surface area contributed by atoms with Gasteiger partial charge in [0.15, 0.2) is 11.5 Å². The summed E-state index contributed by atoms with van der Waals surface area (Å²) in [5.41, 5.74) is 13.8. The summed E-state index contributed by atoms with van der Waals surface area (Å²) >= 11 is 0. The number of primary amides is 1. The molecular weight excluding hydrogens is 340 g/mol. The molecule has 2 heterocycles. The number of carbonyl (C=O) groups excluding carboxylic acids is 1. The van der Waals surface area contributed by atoms with Gasteiger partial charge in [0.1, 0.15) is 5.82 Å². The van der Waals surface area contributed by atoms with Crippen LogP contribution in [-0.4, -0.2) is 35.5 Å². The van der Waals surface area contributed by atoms with Crippen molar-refractivity contribution in [2.75, 3.05) is 29.9 Å². The van der Waals surface area contributed by atoms with Crippen LogP contribution in [0.3, 0.4) is 0 Å². The number of piperidine rings is 1. The predicted molar refractivity (Wildman–Crippen MR) is 106 cm³/mol. The third kappa shape index (κ3) is 3.60. The van der Waals surface area contributed by atoms with E-state index in [1.54, 1.807) is 6.20 Å². The summed E-state index contributed by atoms with van der Waals surface area (Å²) in [4.78, 5) is 22.9. The number of aromatic nitrogens is 2. The van der Waals surface area contributed by atoms with Crippen LogP contribution in [0.5, 0.6) is 0 Å². The SMILES string of the molecule is NCC1(c2ccc(Nc3nc(N4CCCCC4)cnc3C(N)=O)cc2)CC1. The molecule has 0 unspecified atom stereocenters. The van der Waals surface area contributed by atoms with Crippen LogP contribution in [0.4, 0.5) is 17.3 Å². The fraction of sp³-hybridized carbons (Fsp3) is 0.450. The van der Waals surface area contributed by atoms with Crippen molar-refractivity contribution in [3.63, 3.8) is 0 Å². The summed E-state index contributed by atoms with van der Waals surface area (Å²) < 4.78 is 0. The fourth-order valence-electron chi connectivity index (χ4n) is 3.73. The number of hydrogen-bond acceptors (Lipinski definition) is 6. The monoisotopic (exact) mass is 366 g/mol. The van der Waals surface area contributed by atoms with Gasteiger partial charge in [0.25, 0.3) is 5.91 Å². The second-order valence-corrected chi connectivity index (χ2v) is 7.52. The Balaban J connectivity index is 1.58. The lowest BCUT2D eigenvalue weighted by Gasteiger charge is -2.27. The van der Waals surface area contributed by atoms with Crippen LogP contribution in [0, 0.1) is 0 Å². The number of nitrogens with zero attached hydrogens (tertiary/aromatic N) is 3. The summed E-state index contributed by atoms with van der Waals surface area (Å²) in [5, 5.41) is 3.22. The molecule has 0 radical (unpaired) electrons. The molecule has 27 heavy (non-hydrogen) atoms. The van der Waals surface area contributed by atoms with Gasteiger partial charge >= 0.3 is 0 Å². The Bertz CT molecular complexity index is 825. The van der Waals surface area contributed by atoms with Gasteiger partial charge in [-0.2, -0.15) is 0 Å². The normalized spacial score (nSPS) is 18.2.